The lowest BCUT2D eigenvalue weighted by atomic mass is 9.95. The molecule has 2 rings (SSSR count). The minimum absolute atomic E-state index is 0.0354. The van der Waals surface area contributed by atoms with Crippen LogP contribution in [0.4, 0.5) is 11.6 Å². The van der Waals surface area contributed by atoms with E-state index in [1.165, 1.54) is 12.8 Å². The van der Waals surface area contributed by atoms with E-state index in [-0.39, 0.29) is 5.41 Å². The van der Waals surface area contributed by atoms with Gasteiger partial charge >= 0.3 is 0 Å². The Morgan fingerprint density at radius 2 is 1.70 bits per heavy atom. The first-order chi connectivity index (χ1) is 9.41. The van der Waals surface area contributed by atoms with Crippen molar-refractivity contribution in [1.29, 1.82) is 0 Å². The van der Waals surface area contributed by atoms with Gasteiger partial charge in [-0.3, -0.25) is 0 Å². The van der Waals surface area contributed by atoms with Gasteiger partial charge in [0.1, 0.15) is 17.5 Å². The van der Waals surface area contributed by atoms with E-state index < -0.39 is 0 Å². The van der Waals surface area contributed by atoms with Crippen molar-refractivity contribution in [3.8, 4) is 0 Å². The summed E-state index contributed by atoms with van der Waals surface area (Å²) in [6.07, 6.45) is 3.80. The fraction of sp³-hybridized carbons (Fsp3) is 0.750. The van der Waals surface area contributed by atoms with Crippen LogP contribution in [0.15, 0.2) is 0 Å². The molecule has 1 fully saturated rings. The van der Waals surface area contributed by atoms with Crippen LogP contribution >= 0.6 is 0 Å². The number of rotatable bonds is 6. The average Bonchev–Trinajstić information content (AvgIpc) is 3.18. The molecule has 0 atom stereocenters. The van der Waals surface area contributed by atoms with Gasteiger partial charge in [-0.05, 0) is 32.1 Å². The third-order valence-electron chi connectivity index (χ3n) is 3.61. The minimum atomic E-state index is -0.0354. The number of nitrogens with zero attached hydrogens (tertiary/aromatic N) is 2. The molecule has 0 saturated heterocycles. The summed E-state index contributed by atoms with van der Waals surface area (Å²) < 4.78 is 0. The molecule has 0 bridgehead atoms. The fourth-order valence-corrected chi connectivity index (χ4v) is 2.00. The predicted molar refractivity (Wildman–Crippen MR) is 85.5 cm³/mol. The van der Waals surface area contributed by atoms with Crippen LogP contribution in [0.3, 0.4) is 0 Å². The minimum Gasteiger partial charge on any atom is -0.370 e. The third-order valence-corrected chi connectivity index (χ3v) is 3.61. The van der Waals surface area contributed by atoms with Crippen molar-refractivity contribution >= 4 is 11.6 Å². The van der Waals surface area contributed by atoms with Gasteiger partial charge in [0, 0.05) is 24.1 Å². The second-order valence-corrected chi connectivity index (χ2v) is 6.87. The lowest BCUT2D eigenvalue weighted by Crippen LogP contribution is -2.20. The molecule has 0 unspecified atom stereocenters. The number of nitrogens with one attached hydrogen (secondary N) is 2. The van der Waals surface area contributed by atoms with Gasteiger partial charge in [-0.1, -0.05) is 27.7 Å². The summed E-state index contributed by atoms with van der Waals surface area (Å²) in [7, 11) is 0. The van der Waals surface area contributed by atoms with Crippen LogP contribution in [0, 0.1) is 12.8 Å². The van der Waals surface area contributed by atoms with Crippen molar-refractivity contribution in [2.24, 2.45) is 5.92 Å². The Bertz CT molecular complexity index is 458. The standard InChI is InChI=1S/C16H28N4/c1-6-9-17-13-11(2)14(18-10-12-7-8-12)20-15(19-13)16(3,4)5/h12H,6-10H2,1-5H3,(H2,17,18,19,20). The van der Waals surface area contributed by atoms with E-state index in [2.05, 4.69) is 45.3 Å². The number of hydrogen-bond acceptors (Lipinski definition) is 4. The molecule has 1 aliphatic carbocycles. The average molecular weight is 276 g/mol. The third kappa shape index (κ3) is 3.84. The second kappa shape index (κ2) is 5.98. The molecule has 1 aromatic rings. The smallest absolute Gasteiger partial charge is 0.138 e. The topological polar surface area (TPSA) is 49.8 Å². The van der Waals surface area contributed by atoms with Crippen molar-refractivity contribution in [2.45, 2.75) is 59.3 Å². The van der Waals surface area contributed by atoms with Crippen molar-refractivity contribution in [3.63, 3.8) is 0 Å². The van der Waals surface area contributed by atoms with Crippen LogP contribution < -0.4 is 10.6 Å². The van der Waals surface area contributed by atoms with Crippen LogP contribution in [-0.2, 0) is 5.41 Å². The van der Waals surface area contributed by atoms with Gasteiger partial charge in [0.05, 0.1) is 0 Å². The van der Waals surface area contributed by atoms with E-state index >= 15 is 0 Å². The summed E-state index contributed by atoms with van der Waals surface area (Å²) in [5.74, 6) is 3.72. The van der Waals surface area contributed by atoms with Gasteiger partial charge in [-0.25, -0.2) is 9.97 Å². The van der Waals surface area contributed by atoms with Crippen LogP contribution in [0.25, 0.3) is 0 Å². The molecular weight excluding hydrogens is 248 g/mol. The van der Waals surface area contributed by atoms with Crippen LogP contribution in [-0.4, -0.2) is 23.1 Å². The molecule has 1 aromatic heterocycles. The van der Waals surface area contributed by atoms with Gasteiger partial charge in [-0.15, -0.1) is 0 Å². The zero-order chi connectivity index (χ0) is 14.8. The van der Waals surface area contributed by atoms with Gasteiger partial charge in [0.25, 0.3) is 0 Å². The molecule has 1 saturated carbocycles. The molecule has 4 nitrogen and oxygen atoms in total. The maximum atomic E-state index is 4.75. The molecule has 4 heteroatoms. The van der Waals surface area contributed by atoms with Crippen LogP contribution in [0.2, 0.25) is 0 Å². The fourth-order valence-electron chi connectivity index (χ4n) is 2.00. The summed E-state index contributed by atoms with van der Waals surface area (Å²) in [6.45, 7) is 12.7. The molecular formula is C16H28N4. The van der Waals surface area contributed by atoms with E-state index in [4.69, 9.17) is 9.97 Å². The zero-order valence-electron chi connectivity index (χ0n) is 13.5. The molecule has 20 heavy (non-hydrogen) atoms. The Morgan fingerprint density at radius 3 is 2.20 bits per heavy atom. The first-order valence-corrected chi connectivity index (χ1v) is 7.78. The highest BCUT2D eigenvalue weighted by atomic mass is 15.1. The first kappa shape index (κ1) is 15.1. The van der Waals surface area contributed by atoms with Crippen LogP contribution in [0.5, 0.6) is 0 Å². The summed E-state index contributed by atoms with van der Waals surface area (Å²) in [5, 5.41) is 6.94. The Morgan fingerprint density at radius 1 is 1.10 bits per heavy atom. The number of anilines is 2. The SMILES string of the molecule is CCCNc1nc(C(C)(C)C)nc(NCC2CC2)c1C. The molecule has 0 amide bonds. The van der Waals surface area contributed by atoms with Crippen LogP contribution in [0.1, 0.15) is 58.3 Å². The van der Waals surface area contributed by atoms with Crippen molar-refractivity contribution < 1.29 is 0 Å². The van der Waals surface area contributed by atoms with Crippen molar-refractivity contribution in [3.05, 3.63) is 11.4 Å². The van der Waals surface area contributed by atoms with Gasteiger partial charge in [0.2, 0.25) is 0 Å². The lowest BCUT2D eigenvalue weighted by molar-refractivity contribution is 0.546. The highest BCUT2D eigenvalue weighted by molar-refractivity contribution is 5.57. The Balaban J connectivity index is 2.26. The summed E-state index contributed by atoms with van der Waals surface area (Å²) in [6, 6.07) is 0. The van der Waals surface area contributed by atoms with Crippen molar-refractivity contribution in [1.82, 2.24) is 9.97 Å². The predicted octanol–water partition coefficient (Wildman–Crippen LogP) is 3.73. The summed E-state index contributed by atoms with van der Waals surface area (Å²) >= 11 is 0. The Hall–Kier alpha value is -1.32. The van der Waals surface area contributed by atoms with E-state index in [9.17, 15) is 0 Å². The number of aromatic nitrogens is 2. The molecule has 1 aliphatic rings. The summed E-state index contributed by atoms with van der Waals surface area (Å²) in [4.78, 5) is 9.47. The molecule has 1 heterocycles. The largest absolute Gasteiger partial charge is 0.370 e. The molecule has 0 aliphatic heterocycles. The molecule has 0 radical (unpaired) electrons. The van der Waals surface area contributed by atoms with E-state index in [1.54, 1.807) is 0 Å². The molecule has 0 spiro atoms. The van der Waals surface area contributed by atoms with Gasteiger partial charge in [-0.2, -0.15) is 0 Å². The highest BCUT2D eigenvalue weighted by Crippen LogP contribution is 2.31. The monoisotopic (exact) mass is 276 g/mol. The normalized spacial score (nSPS) is 15.2. The zero-order valence-corrected chi connectivity index (χ0v) is 13.5. The van der Waals surface area contributed by atoms with E-state index in [1.807, 2.05) is 0 Å². The second-order valence-electron chi connectivity index (χ2n) is 6.87. The quantitative estimate of drug-likeness (QED) is 0.831. The van der Waals surface area contributed by atoms with E-state index in [0.29, 0.717) is 0 Å². The van der Waals surface area contributed by atoms with Gasteiger partial charge < -0.3 is 10.6 Å². The van der Waals surface area contributed by atoms with Gasteiger partial charge in [0.15, 0.2) is 0 Å². The maximum Gasteiger partial charge on any atom is 0.138 e. The van der Waals surface area contributed by atoms with Crippen molar-refractivity contribution in [2.75, 3.05) is 23.7 Å². The Kier molecular flexibility index (Phi) is 4.51. The Labute approximate surface area is 122 Å². The highest BCUT2D eigenvalue weighted by Gasteiger charge is 2.24. The maximum absolute atomic E-state index is 4.75. The molecule has 112 valence electrons. The molecule has 0 aromatic carbocycles. The van der Waals surface area contributed by atoms with E-state index in [0.717, 1.165) is 48.5 Å². The number of hydrogen-bond donors (Lipinski definition) is 2. The summed E-state index contributed by atoms with van der Waals surface area (Å²) in [5.41, 5.74) is 1.10. The molecule has 2 N–H and O–H groups in total. The first-order valence-electron chi connectivity index (χ1n) is 7.78. The lowest BCUT2D eigenvalue weighted by Gasteiger charge is -2.21.